The zero-order chi connectivity index (χ0) is 19.1. The molecule has 1 heterocycles. The van der Waals surface area contributed by atoms with E-state index in [9.17, 15) is 14.0 Å². The van der Waals surface area contributed by atoms with Crippen LogP contribution in [0.3, 0.4) is 0 Å². The van der Waals surface area contributed by atoms with Crippen LogP contribution in [-0.4, -0.2) is 23.2 Å². The topological polar surface area (TPSA) is 59.1 Å². The lowest BCUT2D eigenvalue weighted by atomic mass is 9.91. The van der Waals surface area contributed by atoms with Gasteiger partial charge in [-0.15, -0.1) is 0 Å². The predicted octanol–water partition coefficient (Wildman–Crippen LogP) is 3.55. The highest BCUT2D eigenvalue weighted by Gasteiger charge is 2.21. The third-order valence-electron chi connectivity index (χ3n) is 4.27. The molecule has 136 valence electrons. The Morgan fingerprint density at radius 1 is 0.963 bits per heavy atom. The van der Waals surface area contributed by atoms with Crippen LogP contribution in [0.2, 0.25) is 0 Å². The van der Waals surface area contributed by atoms with E-state index >= 15 is 0 Å². The van der Waals surface area contributed by atoms with Gasteiger partial charge in [0.15, 0.2) is 5.78 Å². The number of carbonyl (C=O) groups excluding carboxylic acids is 2. The van der Waals surface area contributed by atoms with Crippen molar-refractivity contribution < 1.29 is 14.0 Å². The number of nitrogens with one attached hydrogen (secondary N) is 1. The first kappa shape index (κ1) is 18.5. The quantitative estimate of drug-likeness (QED) is 0.654. The lowest BCUT2D eigenvalue weighted by Crippen LogP contribution is -2.34. The molecule has 1 amide bonds. The Bertz CT molecular complexity index is 897. The molecule has 1 unspecified atom stereocenters. The summed E-state index contributed by atoms with van der Waals surface area (Å²) in [7, 11) is 0. The molecule has 27 heavy (non-hydrogen) atoms. The van der Waals surface area contributed by atoms with Crippen molar-refractivity contribution in [3.05, 3.63) is 102 Å². The number of ketones is 1. The lowest BCUT2D eigenvalue weighted by Gasteiger charge is -2.17. The van der Waals surface area contributed by atoms with Crippen LogP contribution in [0, 0.1) is 5.82 Å². The van der Waals surface area contributed by atoms with Gasteiger partial charge in [0, 0.05) is 18.0 Å². The number of hydrogen-bond donors (Lipinski definition) is 1. The second-order valence-corrected chi connectivity index (χ2v) is 6.18. The van der Waals surface area contributed by atoms with E-state index in [1.165, 1.54) is 24.3 Å². The van der Waals surface area contributed by atoms with Crippen LogP contribution in [0.5, 0.6) is 0 Å². The largest absolute Gasteiger partial charge is 0.348 e. The molecule has 0 aliphatic heterocycles. The Kier molecular flexibility index (Phi) is 6.05. The first-order valence-corrected chi connectivity index (χ1v) is 8.64. The summed E-state index contributed by atoms with van der Waals surface area (Å²) in [5, 5.41) is 2.71. The molecule has 1 atom stereocenters. The van der Waals surface area contributed by atoms with Crippen LogP contribution in [-0.2, 0) is 11.2 Å². The Hall–Kier alpha value is -3.34. The Morgan fingerprint density at radius 2 is 1.70 bits per heavy atom. The van der Waals surface area contributed by atoms with Gasteiger partial charge in [-0.2, -0.15) is 0 Å². The van der Waals surface area contributed by atoms with Crippen molar-refractivity contribution in [2.24, 2.45) is 0 Å². The van der Waals surface area contributed by atoms with E-state index in [1.807, 2.05) is 42.5 Å². The number of pyridine rings is 1. The highest BCUT2D eigenvalue weighted by Crippen LogP contribution is 2.21. The van der Waals surface area contributed by atoms with E-state index < -0.39 is 11.7 Å². The number of benzene rings is 2. The summed E-state index contributed by atoms with van der Waals surface area (Å²) >= 11 is 0. The summed E-state index contributed by atoms with van der Waals surface area (Å²) < 4.78 is 13.0. The summed E-state index contributed by atoms with van der Waals surface area (Å²) in [6.07, 6.45) is 3.89. The van der Waals surface area contributed by atoms with E-state index in [1.54, 1.807) is 12.4 Å². The summed E-state index contributed by atoms with van der Waals surface area (Å²) in [5.41, 5.74) is 2.17. The molecular formula is C22H19FN2O2. The SMILES string of the molecule is O=C(CNC(=O)C(Cc1cccnc1)c1ccccc1)c1ccc(F)cc1. The van der Waals surface area contributed by atoms with Crippen molar-refractivity contribution >= 4 is 11.7 Å². The number of halogens is 1. The third kappa shape index (κ3) is 5.07. The number of amides is 1. The molecule has 0 radical (unpaired) electrons. The van der Waals surface area contributed by atoms with Crippen molar-refractivity contribution in [2.45, 2.75) is 12.3 Å². The molecule has 0 aliphatic rings. The van der Waals surface area contributed by atoms with E-state index in [0.717, 1.165) is 11.1 Å². The molecule has 1 aromatic heterocycles. The van der Waals surface area contributed by atoms with Gasteiger partial charge in [-0.1, -0.05) is 36.4 Å². The molecule has 3 aromatic rings. The standard InChI is InChI=1S/C22H19FN2O2/c23-19-10-8-18(9-11-19)21(26)15-25-22(27)20(17-6-2-1-3-7-17)13-16-5-4-12-24-14-16/h1-12,14,20H,13,15H2,(H,25,27). The van der Waals surface area contributed by atoms with E-state index in [0.29, 0.717) is 12.0 Å². The molecular weight excluding hydrogens is 343 g/mol. The van der Waals surface area contributed by atoms with Crippen molar-refractivity contribution in [2.75, 3.05) is 6.54 Å². The van der Waals surface area contributed by atoms with Crippen LogP contribution < -0.4 is 5.32 Å². The molecule has 0 fully saturated rings. The van der Waals surface area contributed by atoms with Gasteiger partial charge in [0.25, 0.3) is 0 Å². The monoisotopic (exact) mass is 362 g/mol. The first-order chi connectivity index (χ1) is 13.1. The average molecular weight is 362 g/mol. The molecule has 0 aliphatic carbocycles. The number of aromatic nitrogens is 1. The van der Waals surface area contributed by atoms with Gasteiger partial charge in [0.1, 0.15) is 5.82 Å². The third-order valence-corrected chi connectivity index (χ3v) is 4.27. The zero-order valence-corrected chi connectivity index (χ0v) is 14.6. The van der Waals surface area contributed by atoms with E-state index in [2.05, 4.69) is 10.3 Å². The summed E-state index contributed by atoms with van der Waals surface area (Å²) in [6, 6.07) is 18.4. The van der Waals surface area contributed by atoms with Crippen LogP contribution in [0.1, 0.15) is 27.4 Å². The maximum Gasteiger partial charge on any atom is 0.228 e. The maximum absolute atomic E-state index is 13.0. The Morgan fingerprint density at radius 3 is 2.37 bits per heavy atom. The molecule has 2 aromatic carbocycles. The van der Waals surface area contributed by atoms with Crippen molar-refractivity contribution in [1.82, 2.24) is 10.3 Å². The summed E-state index contributed by atoms with van der Waals surface area (Å²) in [5.74, 6) is -1.34. The fourth-order valence-electron chi connectivity index (χ4n) is 2.83. The van der Waals surface area contributed by atoms with Gasteiger partial charge in [0.2, 0.25) is 5.91 Å². The molecule has 0 saturated heterocycles. The minimum absolute atomic E-state index is 0.138. The van der Waals surface area contributed by atoms with Gasteiger partial charge in [-0.3, -0.25) is 14.6 Å². The minimum atomic E-state index is -0.434. The summed E-state index contributed by atoms with van der Waals surface area (Å²) in [4.78, 5) is 29.1. The fourth-order valence-corrected chi connectivity index (χ4v) is 2.83. The van der Waals surface area contributed by atoms with Gasteiger partial charge in [-0.05, 0) is 47.9 Å². The predicted molar refractivity (Wildman–Crippen MR) is 101 cm³/mol. The number of Topliss-reactive ketones (excluding diaryl/α,β-unsaturated/α-hetero) is 1. The number of hydrogen-bond acceptors (Lipinski definition) is 3. The summed E-state index contributed by atoms with van der Waals surface area (Å²) in [6.45, 7) is -0.138. The zero-order valence-electron chi connectivity index (χ0n) is 14.6. The molecule has 1 N–H and O–H groups in total. The van der Waals surface area contributed by atoms with Crippen LogP contribution in [0.15, 0.2) is 79.1 Å². The molecule has 3 rings (SSSR count). The highest BCUT2D eigenvalue weighted by atomic mass is 19.1. The van der Waals surface area contributed by atoms with Crippen molar-refractivity contribution in [1.29, 1.82) is 0 Å². The van der Waals surface area contributed by atoms with E-state index in [-0.39, 0.29) is 18.2 Å². The van der Waals surface area contributed by atoms with Crippen LogP contribution in [0.25, 0.3) is 0 Å². The second kappa shape index (κ2) is 8.85. The lowest BCUT2D eigenvalue weighted by molar-refractivity contribution is -0.122. The molecule has 0 bridgehead atoms. The van der Waals surface area contributed by atoms with Crippen LogP contribution in [0.4, 0.5) is 4.39 Å². The fraction of sp³-hybridized carbons (Fsp3) is 0.136. The van der Waals surface area contributed by atoms with E-state index in [4.69, 9.17) is 0 Å². The molecule has 0 spiro atoms. The van der Waals surface area contributed by atoms with Gasteiger partial charge >= 0.3 is 0 Å². The highest BCUT2D eigenvalue weighted by molar-refractivity contribution is 5.99. The molecule has 5 heteroatoms. The van der Waals surface area contributed by atoms with Crippen molar-refractivity contribution in [3.8, 4) is 0 Å². The van der Waals surface area contributed by atoms with Crippen molar-refractivity contribution in [3.63, 3.8) is 0 Å². The smallest absolute Gasteiger partial charge is 0.228 e. The normalized spacial score (nSPS) is 11.6. The molecule has 0 saturated carbocycles. The first-order valence-electron chi connectivity index (χ1n) is 8.64. The number of carbonyl (C=O) groups is 2. The number of rotatable bonds is 7. The van der Waals surface area contributed by atoms with Gasteiger partial charge in [0.05, 0.1) is 12.5 Å². The molecule has 4 nitrogen and oxygen atoms in total. The average Bonchev–Trinajstić information content (AvgIpc) is 2.72. The van der Waals surface area contributed by atoms with Gasteiger partial charge in [-0.25, -0.2) is 4.39 Å². The van der Waals surface area contributed by atoms with Crippen LogP contribution >= 0.6 is 0 Å². The second-order valence-electron chi connectivity index (χ2n) is 6.18. The maximum atomic E-state index is 13.0. The Labute approximate surface area is 157 Å². The number of nitrogens with zero attached hydrogens (tertiary/aromatic N) is 1. The minimum Gasteiger partial charge on any atom is -0.348 e. The van der Waals surface area contributed by atoms with Gasteiger partial charge < -0.3 is 5.32 Å². The Balaban J connectivity index is 1.71.